The molecule has 106 valence electrons. The molecule has 8 heteroatoms. The van der Waals surface area contributed by atoms with E-state index >= 15 is 0 Å². The fraction of sp³-hybridized carbons (Fsp3) is 0.364. The Morgan fingerprint density at radius 1 is 1.42 bits per heavy atom. The number of nitrogens with zero attached hydrogens (tertiary/aromatic N) is 1. The van der Waals surface area contributed by atoms with E-state index in [4.69, 9.17) is 15.7 Å². The number of ether oxygens (including phenoxy) is 1. The Morgan fingerprint density at radius 3 is 2.58 bits per heavy atom. The van der Waals surface area contributed by atoms with E-state index in [2.05, 4.69) is 21.1 Å². The van der Waals surface area contributed by atoms with Crippen LogP contribution in [0.3, 0.4) is 0 Å². The van der Waals surface area contributed by atoms with E-state index in [9.17, 15) is 13.2 Å². The van der Waals surface area contributed by atoms with E-state index in [0.717, 1.165) is 4.47 Å². The number of amidine groups is 1. The van der Waals surface area contributed by atoms with Gasteiger partial charge in [-0.3, -0.25) is 0 Å². The smallest absolute Gasteiger partial charge is 0.401 e. The average Bonchev–Trinajstić information content (AvgIpc) is 2.34. The van der Waals surface area contributed by atoms with Crippen LogP contribution in [0.2, 0.25) is 0 Å². The minimum Gasteiger partial charge on any atom is -0.409 e. The maximum absolute atomic E-state index is 12.6. The third-order valence-corrected chi connectivity index (χ3v) is 3.14. The molecule has 19 heavy (non-hydrogen) atoms. The quantitative estimate of drug-likeness (QED) is 0.375. The lowest BCUT2D eigenvalue weighted by molar-refractivity contribution is -0.169. The zero-order chi connectivity index (χ0) is 14.5. The molecule has 0 aliphatic heterocycles. The van der Waals surface area contributed by atoms with Crippen molar-refractivity contribution in [3.63, 3.8) is 0 Å². The van der Waals surface area contributed by atoms with Crippen molar-refractivity contribution >= 4 is 21.8 Å². The topological polar surface area (TPSA) is 67.8 Å². The summed E-state index contributed by atoms with van der Waals surface area (Å²) in [6, 6.07) is 7.00. The molecule has 0 saturated carbocycles. The number of benzene rings is 1. The number of oxime groups is 1. The summed E-state index contributed by atoms with van der Waals surface area (Å²) >= 11 is 3.25. The fourth-order valence-corrected chi connectivity index (χ4v) is 1.72. The lowest BCUT2D eigenvalue weighted by Crippen LogP contribution is -2.39. The van der Waals surface area contributed by atoms with Gasteiger partial charge < -0.3 is 15.7 Å². The van der Waals surface area contributed by atoms with Gasteiger partial charge in [0.05, 0.1) is 13.2 Å². The Hall–Kier alpha value is -1.28. The summed E-state index contributed by atoms with van der Waals surface area (Å²) in [4.78, 5) is 0. The molecule has 0 saturated heterocycles. The molecule has 3 N–H and O–H groups in total. The van der Waals surface area contributed by atoms with Crippen molar-refractivity contribution in [2.45, 2.75) is 12.8 Å². The minimum atomic E-state index is -4.62. The van der Waals surface area contributed by atoms with Crippen LogP contribution in [0.4, 0.5) is 13.2 Å². The van der Waals surface area contributed by atoms with Gasteiger partial charge in [0.2, 0.25) is 0 Å². The highest BCUT2D eigenvalue weighted by atomic mass is 79.9. The van der Waals surface area contributed by atoms with Gasteiger partial charge in [-0.25, -0.2) is 0 Å². The van der Waals surface area contributed by atoms with Gasteiger partial charge in [-0.1, -0.05) is 39.3 Å². The minimum absolute atomic E-state index is 0.00723. The second kappa shape index (κ2) is 6.76. The van der Waals surface area contributed by atoms with Crippen molar-refractivity contribution < 1.29 is 23.1 Å². The second-order valence-electron chi connectivity index (χ2n) is 3.73. The number of hydrogen-bond acceptors (Lipinski definition) is 3. The summed E-state index contributed by atoms with van der Waals surface area (Å²) in [6.07, 6.45) is -4.62. The molecule has 1 atom stereocenters. The van der Waals surface area contributed by atoms with Crippen LogP contribution in [0, 0.1) is 5.92 Å². The molecule has 1 unspecified atom stereocenters. The van der Waals surface area contributed by atoms with E-state index < -0.39 is 24.5 Å². The van der Waals surface area contributed by atoms with Crippen molar-refractivity contribution in [1.29, 1.82) is 0 Å². The summed E-state index contributed by atoms with van der Waals surface area (Å²) in [5.74, 6) is -3.04. The maximum Gasteiger partial charge on any atom is 0.401 e. The maximum atomic E-state index is 12.6. The third kappa shape index (κ3) is 4.71. The van der Waals surface area contributed by atoms with Gasteiger partial charge in [-0.05, 0) is 11.6 Å². The van der Waals surface area contributed by atoms with Crippen molar-refractivity contribution in [3.05, 3.63) is 34.3 Å². The highest BCUT2D eigenvalue weighted by Gasteiger charge is 2.43. The molecule has 4 nitrogen and oxygen atoms in total. The van der Waals surface area contributed by atoms with Crippen LogP contribution in [-0.2, 0) is 11.3 Å². The number of nitrogens with two attached hydrogens (primary N) is 1. The van der Waals surface area contributed by atoms with Crippen LogP contribution in [0.15, 0.2) is 33.9 Å². The Labute approximate surface area is 116 Å². The Balaban J connectivity index is 2.61. The molecule has 0 aromatic heterocycles. The van der Waals surface area contributed by atoms with E-state index in [1.807, 2.05) is 0 Å². The molecule has 0 aliphatic carbocycles. The van der Waals surface area contributed by atoms with Crippen LogP contribution in [-0.4, -0.2) is 23.8 Å². The first-order valence-corrected chi connectivity index (χ1v) is 6.01. The zero-order valence-corrected chi connectivity index (χ0v) is 11.3. The molecule has 1 aromatic carbocycles. The fourth-order valence-electron chi connectivity index (χ4n) is 1.32. The normalized spacial score (nSPS) is 14.4. The molecule has 0 fully saturated rings. The van der Waals surface area contributed by atoms with E-state index in [1.54, 1.807) is 24.3 Å². The molecule has 1 aromatic rings. The SMILES string of the molecule is N/C(=N/O)C(COCc1ccccc1Br)C(F)(F)F. The van der Waals surface area contributed by atoms with E-state index in [0.29, 0.717) is 5.56 Å². The van der Waals surface area contributed by atoms with Crippen molar-refractivity contribution in [1.82, 2.24) is 0 Å². The number of halogens is 4. The largest absolute Gasteiger partial charge is 0.409 e. The first-order chi connectivity index (χ1) is 8.86. The lowest BCUT2D eigenvalue weighted by atomic mass is 10.1. The average molecular weight is 341 g/mol. The number of hydrogen-bond donors (Lipinski definition) is 2. The molecular formula is C11H12BrF3N2O2. The zero-order valence-electron chi connectivity index (χ0n) is 9.69. The standard InChI is InChI=1S/C11H12BrF3N2O2/c12-9-4-2-1-3-7(9)5-19-6-8(10(16)17-18)11(13,14)15/h1-4,8,18H,5-6H2,(H2,16,17). The van der Waals surface area contributed by atoms with Crippen LogP contribution in [0.25, 0.3) is 0 Å². The Kier molecular flexibility index (Phi) is 5.61. The van der Waals surface area contributed by atoms with Crippen molar-refractivity contribution in [3.8, 4) is 0 Å². The van der Waals surface area contributed by atoms with Gasteiger partial charge in [0, 0.05) is 4.47 Å². The van der Waals surface area contributed by atoms with Crippen molar-refractivity contribution in [2.24, 2.45) is 16.8 Å². The number of alkyl halides is 3. The van der Waals surface area contributed by atoms with Crippen LogP contribution < -0.4 is 5.73 Å². The summed E-state index contributed by atoms with van der Waals surface area (Å²) in [7, 11) is 0. The molecule has 0 bridgehead atoms. The lowest BCUT2D eigenvalue weighted by Gasteiger charge is -2.18. The molecule has 0 radical (unpaired) electrons. The molecule has 0 aliphatic rings. The van der Waals surface area contributed by atoms with Gasteiger partial charge in [-0.15, -0.1) is 0 Å². The summed E-state index contributed by atoms with van der Waals surface area (Å²) in [6.45, 7) is -0.715. The van der Waals surface area contributed by atoms with Crippen LogP contribution in [0.5, 0.6) is 0 Å². The van der Waals surface area contributed by atoms with E-state index in [-0.39, 0.29) is 6.61 Å². The highest BCUT2D eigenvalue weighted by molar-refractivity contribution is 9.10. The summed E-state index contributed by atoms with van der Waals surface area (Å²) in [5, 5.41) is 10.7. The predicted octanol–water partition coefficient (Wildman–Crippen LogP) is 2.89. The monoisotopic (exact) mass is 340 g/mol. The summed E-state index contributed by atoms with van der Waals surface area (Å²) in [5.41, 5.74) is 5.71. The van der Waals surface area contributed by atoms with Gasteiger partial charge in [-0.2, -0.15) is 13.2 Å². The first-order valence-electron chi connectivity index (χ1n) is 5.21. The molecular weight excluding hydrogens is 329 g/mol. The number of rotatable bonds is 5. The van der Waals surface area contributed by atoms with Crippen LogP contribution >= 0.6 is 15.9 Å². The Bertz CT molecular complexity index is 452. The van der Waals surface area contributed by atoms with Gasteiger partial charge >= 0.3 is 6.18 Å². The molecule has 1 rings (SSSR count). The molecule has 0 amide bonds. The van der Waals surface area contributed by atoms with Gasteiger partial charge in [0.15, 0.2) is 5.84 Å². The predicted molar refractivity (Wildman–Crippen MR) is 66.8 cm³/mol. The molecule has 0 heterocycles. The second-order valence-corrected chi connectivity index (χ2v) is 4.58. The van der Waals surface area contributed by atoms with Gasteiger partial charge in [0.25, 0.3) is 0 Å². The Morgan fingerprint density at radius 2 is 2.05 bits per heavy atom. The molecule has 0 spiro atoms. The van der Waals surface area contributed by atoms with Crippen molar-refractivity contribution in [2.75, 3.05) is 6.61 Å². The van der Waals surface area contributed by atoms with Gasteiger partial charge in [0.1, 0.15) is 5.92 Å². The first kappa shape index (κ1) is 15.8. The highest BCUT2D eigenvalue weighted by Crippen LogP contribution is 2.27. The third-order valence-electron chi connectivity index (χ3n) is 2.37. The summed E-state index contributed by atoms with van der Waals surface area (Å²) < 4.78 is 43.5. The van der Waals surface area contributed by atoms with Crippen LogP contribution in [0.1, 0.15) is 5.56 Å². The van der Waals surface area contributed by atoms with E-state index in [1.165, 1.54) is 0 Å².